The molecule has 1 heterocycles. The molecule has 0 aromatic heterocycles. The fourth-order valence-electron chi connectivity index (χ4n) is 3.70. The van der Waals surface area contributed by atoms with E-state index in [1.807, 2.05) is 0 Å². The number of carbonyl (C=O) groups excluding carboxylic acids is 2. The van der Waals surface area contributed by atoms with Crippen LogP contribution in [-0.4, -0.2) is 50.2 Å². The summed E-state index contributed by atoms with van der Waals surface area (Å²) < 4.78 is 27.3. The van der Waals surface area contributed by atoms with Gasteiger partial charge in [0.2, 0.25) is 15.9 Å². The zero-order valence-electron chi connectivity index (χ0n) is 17.8. The summed E-state index contributed by atoms with van der Waals surface area (Å²) >= 11 is 0. The standard InChI is InChI=1S/C23H28N4O4S/c28-22(16-24-21-10-3-2-9-20(21)23(29)26-17-11-12-17)25-18-7-6-8-19(15-18)32(30,31)27-13-4-1-5-14-27/h2-3,6-10,15,17,24H,1,4-5,11-14,16H2,(H,25,28)(H,26,29). The fourth-order valence-corrected chi connectivity index (χ4v) is 5.26. The molecular formula is C23H28N4O4S. The minimum absolute atomic E-state index is 0.0587. The van der Waals surface area contributed by atoms with E-state index < -0.39 is 10.0 Å². The maximum atomic E-state index is 12.9. The van der Waals surface area contributed by atoms with Crippen molar-refractivity contribution in [2.24, 2.45) is 0 Å². The molecule has 32 heavy (non-hydrogen) atoms. The van der Waals surface area contributed by atoms with Gasteiger partial charge in [-0.2, -0.15) is 4.31 Å². The van der Waals surface area contributed by atoms with Crippen LogP contribution in [0.5, 0.6) is 0 Å². The second-order valence-electron chi connectivity index (χ2n) is 8.19. The van der Waals surface area contributed by atoms with Crippen molar-refractivity contribution in [3.8, 4) is 0 Å². The summed E-state index contributed by atoms with van der Waals surface area (Å²) in [6, 6.07) is 13.6. The van der Waals surface area contributed by atoms with Crippen LogP contribution in [0.15, 0.2) is 53.4 Å². The van der Waals surface area contributed by atoms with Gasteiger partial charge in [0.25, 0.3) is 5.91 Å². The van der Waals surface area contributed by atoms with Gasteiger partial charge in [-0.05, 0) is 56.0 Å². The van der Waals surface area contributed by atoms with Crippen LogP contribution in [0.1, 0.15) is 42.5 Å². The highest BCUT2D eigenvalue weighted by molar-refractivity contribution is 7.89. The van der Waals surface area contributed by atoms with Crippen molar-refractivity contribution >= 4 is 33.2 Å². The summed E-state index contributed by atoms with van der Waals surface area (Å²) in [7, 11) is -3.57. The second kappa shape index (κ2) is 9.70. The van der Waals surface area contributed by atoms with E-state index in [-0.39, 0.29) is 29.3 Å². The van der Waals surface area contributed by atoms with Crippen molar-refractivity contribution in [3.05, 3.63) is 54.1 Å². The molecule has 1 saturated carbocycles. The molecule has 0 bridgehead atoms. The van der Waals surface area contributed by atoms with Gasteiger partial charge in [-0.3, -0.25) is 9.59 Å². The summed E-state index contributed by atoms with van der Waals surface area (Å²) in [6.45, 7) is 0.990. The van der Waals surface area contributed by atoms with Gasteiger partial charge in [0.15, 0.2) is 0 Å². The normalized spacial score (nSPS) is 16.9. The van der Waals surface area contributed by atoms with E-state index in [0.717, 1.165) is 32.1 Å². The van der Waals surface area contributed by atoms with Gasteiger partial charge in [-0.15, -0.1) is 0 Å². The van der Waals surface area contributed by atoms with E-state index in [1.54, 1.807) is 42.5 Å². The molecule has 0 unspecified atom stereocenters. The second-order valence-corrected chi connectivity index (χ2v) is 10.1. The molecule has 2 aliphatic rings. The predicted octanol–water partition coefficient (Wildman–Crippen LogP) is 2.80. The Bertz CT molecular complexity index is 1090. The van der Waals surface area contributed by atoms with E-state index in [0.29, 0.717) is 30.0 Å². The SMILES string of the molecule is O=C(CNc1ccccc1C(=O)NC1CC1)Nc1cccc(S(=O)(=O)N2CCCCC2)c1. The first-order valence-corrected chi connectivity index (χ1v) is 12.4. The third-order valence-electron chi connectivity index (χ3n) is 5.59. The number of para-hydroxylation sites is 1. The first kappa shape index (κ1) is 22.3. The van der Waals surface area contributed by atoms with Crippen LogP contribution < -0.4 is 16.0 Å². The smallest absolute Gasteiger partial charge is 0.253 e. The maximum absolute atomic E-state index is 12.9. The fraction of sp³-hybridized carbons (Fsp3) is 0.391. The minimum Gasteiger partial charge on any atom is -0.376 e. The molecule has 1 aliphatic heterocycles. The quantitative estimate of drug-likeness (QED) is 0.566. The molecule has 0 atom stereocenters. The highest BCUT2D eigenvalue weighted by Crippen LogP contribution is 2.23. The zero-order chi connectivity index (χ0) is 22.6. The third-order valence-corrected chi connectivity index (χ3v) is 7.49. The van der Waals surface area contributed by atoms with Gasteiger partial charge in [0, 0.05) is 30.5 Å². The lowest BCUT2D eigenvalue weighted by Crippen LogP contribution is -2.35. The molecule has 2 aromatic rings. The number of amides is 2. The number of nitrogens with zero attached hydrogens (tertiary/aromatic N) is 1. The van der Waals surface area contributed by atoms with E-state index in [1.165, 1.54) is 10.4 Å². The van der Waals surface area contributed by atoms with Crippen LogP contribution in [-0.2, 0) is 14.8 Å². The number of benzene rings is 2. The monoisotopic (exact) mass is 456 g/mol. The zero-order valence-corrected chi connectivity index (χ0v) is 18.7. The van der Waals surface area contributed by atoms with Gasteiger partial charge in [0.1, 0.15) is 0 Å². The van der Waals surface area contributed by atoms with Gasteiger partial charge in [-0.25, -0.2) is 8.42 Å². The topological polar surface area (TPSA) is 108 Å². The summed E-state index contributed by atoms with van der Waals surface area (Å²) in [4.78, 5) is 25.1. The predicted molar refractivity (Wildman–Crippen MR) is 123 cm³/mol. The molecule has 0 radical (unpaired) electrons. The van der Waals surface area contributed by atoms with E-state index in [4.69, 9.17) is 0 Å². The molecule has 0 spiro atoms. The molecule has 2 fully saturated rings. The number of hydrogen-bond acceptors (Lipinski definition) is 5. The Morgan fingerprint density at radius 1 is 0.969 bits per heavy atom. The van der Waals surface area contributed by atoms with Crippen molar-refractivity contribution in [3.63, 3.8) is 0 Å². The van der Waals surface area contributed by atoms with Crippen molar-refractivity contribution in [2.45, 2.75) is 43.0 Å². The third kappa shape index (κ3) is 5.46. The van der Waals surface area contributed by atoms with Crippen LogP contribution >= 0.6 is 0 Å². The van der Waals surface area contributed by atoms with Gasteiger partial charge < -0.3 is 16.0 Å². The Morgan fingerprint density at radius 2 is 1.72 bits per heavy atom. The molecule has 8 nitrogen and oxygen atoms in total. The highest BCUT2D eigenvalue weighted by Gasteiger charge is 2.26. The number of rotatable bonds is 8. The Kier molecular flexibility index (Phi) is 6.76. The van der Waals surface area contributed by atoms with Crippen molar-refractivity contribution in [1.29, 1.82) is 0 Å². The number of anilines is 2. The average molecular weight is 457 g/mol. The Morgan fingerprint density at radius 3 is 2.47 bits per heavy atom. The Balaban J connectivity index is 1.38. The van der Waals surface area contributed by atoms with Crippen LogP contribution in [0.2, 0.25) is 0 Å². The van der Waals surface area contributed by atoms with Crippen molar-refractivity contribution < 1.29 is 18.0 Å². The van der Waals surface area contributed by atoms with Crippen LogP contribution in [0.25, 0.3) is 0 Å². The molecule has 4 rings (SSSR count). The first-order chi connectivity index (χ1) is 15.4. The lowest BCUT2D eigenvalue weighted by atomic mass is 10.1. The lowest BCUT2D eigenvalue weighted by Gasteiger charge is -2.26. The molecule has 1 saturated heterocycles. The molecule has 3 N–H and O–H groups in total. The van der Waals surface area contributed by atoms with E-state index in [2.05, 4.69) is 16.0 Å². The van der Waals surface area contributed by atoms with Crippen LogP contribution in [0, 0.1) is 0 Å². The number of hydrogen-bond donors (Lipinski definition) is 3. The largest absolute Gasteiger partial charge is 0.376 e. The molecular weight excluding hydrogens is 428 g/mol. The molecule has 9 heteroatoms. The van der Waals surface area contributed by atoms with E-state index >= 15 is 0 Å². The van der Waals surface area contributed by atoms with Crippen LogP contribution in [0.4, 0.5) is 11.4 Å². The molecule has 1 aliphatic carbocycles. The van der Waals surface area contributed by atoms with Gasteiger partial charge >= 0.3 is 0 Å². The average Bonchev–Trinajstić information content (AvgIpc) is 3.62. The van der Waals surface area contributed by atoms with Gasteiger partial charge in [0.05, 0.1) is 17.0 Å². The maximum Gasteiger partial charge on any atom is 0.253 e. The summed E-state index contributed by atoms with van der Waals surface area (Å²) in [6.07, 6.45) is 4.76. The molecule has 2 amide bonds. The van der Waals surface area contributed by atoms with Gasteiger partial charge in [-0.1, -0.05) is 24.6 Å². The number of piperidine rings is 1. The number of nitrogens with one attached hydrogen (secondary N) is 3. The molecule has 2 aromatic carbocycles. The van der Waals surface area contributed by atoms with Crippen molar-refractivity contribution in [2.75, 3.05) is 30.3 Å². The van der Waals surface area contributed by atoms with Crippen LogP contribution in [0.3, 0.4) is 0 Å². The summed E-state index contributed by atoms with van der Waals surface area (Å²) in [5, 5.41) is 8.68. The lowest BCUT2D eigenvalue weighted by molar-refractivity contribution is -0.114. The summed E-state index contributed by atoms with van der Waals surface area (Å²) in [5.41, 5.74) is 1.47. The van der Waals surface area contributed by atoms with Crippen molar-refractivity contribution in [1.82, 2.24) is 9.62 Å². The minimum atomic E-state index is -3.57. The number of carbonyl (C=O) groups is 2. The molecule has 170 valence electrons. The summed E-state index contributed by atoms with van der Waals surface area (Å²) in [5.74, 6) is -0.499. The highest BCUT2D eigenvalue weighted by atomic mass is 32.2. The van der Waals surface area contributed by atoms with E-state index in [9.17, 15) is 18.0 Å². The first-order valence-electron chi connectivity index (χ1n) is 11.0. The Labute approximate surface area is 188 Å². The Hall–Kier alpha value is -2.91. The number of sulfonamides is 1.